The molecule has 0 bridgehead atoms. The molecule has 0 aromatic carbocycles. The number of H-pyrrole nitrogens is 1. The summed E-state index contributed by atoms with van der Waals surface area (Å²) < 4.78 is 0. The van der Waals surface area contributed by atoms with Gasteiger partial charge in [0.1, 0.15) is 0 Å². The van der Waals surface area contributed by atoms with Crippen LogP contribution in [0.25, 0.3) is 0 Å². The van der Waals surface area contributed by atoms with Gasteiger partial charge in [0.05, 0.1) is 6.10 Å². The maximum atomic E-state index is 9.37. The molecule has 0 saturated heterocycles. The average Bonchev–Trinajstić information content (AvgIpc) is 2.74. The van der Waals surface area contributed by atoms with Crippen molar-refractivity contribution in [3.8, 4) is 0 Å². The van der Waals surface area contributed by atoms with Crippen LogP contribution in [0.15, 0.2) is 18.5 Å². The number of rotatable bonds is 4. The number of hydrogen-bond donors (Lipinski definition) is 3. The fourth-order valence-electron chi connectivity index (χ4n) is 2.21. The summed E-state index contributed by atoms with van der Waals surface area (Å²) >= 11 is 0. The molecule has 0 atom stereocenters. The third kappa shape index (κ3) is 3.36. The first kappa shape index (κ1) is 10.7. The Kier molecular flexibility index (Phi) is 3.80. The fraction of sp³-hybridized carbons (Fsp3) is 0.667. The number of hydrogen-bond acceptors (Lipinski definition) is 2. The van der Waals surface area contributed by atoms with Crippen molar-refractivity contribution < 1.29 is 5.11 Å². The summed E-state index contributed by atoms with van der Waals surface area (Å²) in [5, 5.41) is 12.9. The normalized spacial score (nSPS) is 26.7. The summed E-state index contributed by atoms with van der Waals surface area (Å²) in [7, 11) is 0. The van der Waals surface area contributed by atoms with Crippen LogP contribution in [-0.2, 0) is 6.42 Å². The Morgan fingerprint density at radius 1 is 1.33 bits per heavy atom. The Hall–Kier alpha value is -0.800. The molecule has 2 rings (SSSR count). The van der Waals surface area contributed by atoms with Crippen LogP contribution in [-0.4, -0.2) is 28.8 Å². The van der Waals surface area contributed by atoms with Gasteiger partial charge < -0.3 is 15.4 Å². The van der Waals surface area contributed by atoms with E-state index in [1.54, 1.807) is 0 Å². The molecule has 1 aromatic rings. The van der Waals surface area contributed by atoms with Crippen LogP contribution in [0.4, 0.5) is 0 Å². The molecule has 1 heterocycles. The largest absolute Gasteiger partial charge is 0.393 e. The smallest absolute Gasteiger partial charge is 0.0541 e. The van der Waals surface area contributed by atoms with Crippen molar-refractivity contribution in [1.29, 1.82) is 0 Å². The summed E-state index contributed by atoms with van der Waals surface area (Å²) in [6, 6.07) is 2.74. The number of aromatic amines is 1. The zero-order valence-corrected chi connectivity index (χ0v) is 9.08. The first-order valence-corrected chi connectivity index (χ1v) is 5.88. The highest BCUT2D eigenvalue weighted by Gasteiger charge is 2.18. The lowest BCUT2D eigenvalue weighted by molar-refractivity contribution is 0.117. The number of aliphatic hydroxyl groups excluding tert-OH is 1. The van der Waals surface area contributed by atoms with E-state index in [1.165, 1.54) is 5.56 Å². The minimum Gasteiger partial charge on any atom is -0.393 e. The van der Waals surface area contributed by atoms with E-state index in [0.717, 1.165) is 38.6 Å². The standard InChI is InChI=1S/C12H20N2O/c15-12-3-1-11(2-4-12)14-8-6-10-5-7-13-9-10/h5,7,9,11-15H,1-4,6,8H2. The van der Waals surface area contributed by atoms with E-state index in [1.807, 2.05) is 12.4 Å². The molecule has 3 nitrogen and oxygen atoms in total. The molecule has 0 unspecified atom stereocenters. The molecule has 1 aliphatic rings. The molecule has 0 radical (unpaired) electrons. The SMILES string of the molecule is OC1CCC(NCCc2cc[nH]c2)CC1. The number of aliphatic hydroxyl groups is 1. The van der Waals surface area contributed by atoms with Gasteiger partial charge in [-0.25, -0.2) is 0 Å². The topological polar surface area (TPSA) is 48.0 Å². The molecule has 0 spiro atoms. The van der Waals surface area contributed by atoms with Gasteiger partial charge in [-0.1, -0.05) is 0 Å². The first-order valence-electron chi connectivity index (χ1n) is 5.88. The van der Waals surface area contributed by atoms with Crippen molar-refractivity contribution in [1.82, 2.24) is 10.3 Å². The van der Waals surface area contributed by atoms with Crippen LogP contribution in [0.5, 0.6) is 0 Å². The van der Waals surface area contributed by atoms with Gasteiger partial charge in [-0.05, 0) is 50.3 Å². The van der Waals surface area contributed by atoms with Crippen LogP contribution >= 0.6 is 0 Å². The Morgan fingerprint density at radius 3 is 2.80 bits per heavy atom. The lowest BCUT2D eigenvalue weighted by atomic mass is 9.93. The molecule has 3 heteroatoms. The van der Waals surface area contributed by atoms with Gasteiger partial charge in [0.15, 0.2) is 0 Å². The Bertz CT molecular complexity index is 263. The molecule has 0 amide bonds. The van der Waals surface area contributed by atoms with Crippen molar-refractivity contribution >= 4 is 0 Å². The van der Waals surface area contributed by atoms with E-state index in [9.17, 15) is 5.11 Å². The highest BCUT2D eigenvalue weighted by atomic mass is 16.3. The molecule has 84 valence electrons. The third-order valence-corrected chi connectivity index (χ3v) is 3.21. The summed E-state index contributed by atoms with van der Waals surface area (Å²) in [6.07, 6.45) is 9.21. The van der Waals surface area contributed by atoms with Gasteiger partial charge >= 0.3 is 0 Å². The summed E-state index contributed by atoms with van der Waals surface area (Å²) in [4.78, 5) is 3.06. The molecule has 1 aromatic heterocycles. The Morgan fingerprint density at radius 2 is 2.13 bits per heavy atom. The lowest BCUT2D eigenvalue weighted by Crippen LogP contribution is -2.35. The van der Waals surface area contributed by atoms with Crippen LogP contribution in [0.3, 0.4) is 0 Å². The van der Waals surface area contributed by atoms with Gasteiger partial charge in [0.2, 0.25) is 0 Å². The third-order valence-electron chi connectivity index (χ3n) is 3.21. The minimum atomic E-state index is -0.0484. The summed E-state index contributed by atoms with van der Waals surface area (Å²) in [5.74, 6) is 0. The van der Waals surface area contributed by atoms with Crippen molar-refractivity contribution in [3.63, 3.8) is 0 Å². The second-order valence-corrected chi connectivity index (χ2v) is 4.43. The van der Waals surface area contributed by atoms with Crippen molar-refractivity contribution in [2.45, 2.75) is 44.2 Å². The highest BCUT2D eigenvalue weighted by molar-refractivity contribution is 5.08. The van der Waals surface area contributed by atoms with E-state index >= 15 is 0 Å². The minimum absolute atomic E-state index is 0.0484. The van der Waals surface area contributed by atoms with Crippen molar-refractivity contribution in [2.75, 3.05) is 6.54 Å². The molecule has 3 N–H and O–H groups in total. The van der Waals surface area contributed by atoms with Gasteiger partial charge in [-0.3, -0.25) is 0 Å². The second-order valence-electron chi connectivity index (χ2n) is 4.43. The van der Waals surface area contributed by atoms with E-state index < -0.39 is 0 Å². The van der Waals surface area contributed by atoms with E-state index in [4.69, 9.17) is 0 Å². The summed E-state index contributed by atoms with van der Waals surface area (Å²) in [5.41, 5.74) is 1.36. The molecule has 1 fully saturated rings. The van der Waals surface area contributed by atoms with Crippen LogP contribution in [0.1, 0.15) is 31.2 Å². The zero-order chi connectivity index (χ0) is 10.5. The predicted molar refractivity (Wildman–Crippen MR) is 60.8 cm³/mol. The molecular weight excluding hydrogens is 188 g/mol. The second kappa shape index (κ2) is 5.33. The van der Waals surface area contributed by atoms with E-state index in [0.29, 0.717) is 6.04 Å². The molecule has 1 saturated carbocycles. The molecule has 1 aliphatic carbocycles. The van der Waals surface area contributed by atoms with Gasteiger partial charge in [-0.15, -0.1) is 0 Å². The number of aromatic nitrogens is 1. The maximum Gasteiger partial charge on any atom is 0.0541 e. The van der Waals surface area contributed by atoms with Crippen LogP contribution in [0.2, 0.25) is 0 Å². The highest BCUT2D eigenvalue weighted by Crippen LogP contribution is 2.18. The van der Waals surface area contributed by atoms with E-state index in [-0.39, 0.29) is 6.10 Å². The van der Waals surface area contributed by atoms with Gasteiger partial charge in [-0.2, -0.15) is 0 Å². The predicted octanol–water partition coefficient (Wildman–Crippen LogP) is 1.45. The lowest BCUT2D eigenvalue weighted by Gasteiger charge is -2.26. The van der Waals surface area contributed by atoms with Crippen LogP contribution in [0, 0.1) is 0 Å². The van der Waals surface area contributed by atoms with Crippen molar-refractivity contribution in [3.05, 3.63) is 24.0 Å². The van der Waals surface area contributed by atoms with E-state index in [2.05, 4.69) is 16.4 Å². The molecule has 15 heavy (non-hydrogen) atoms. The van der Waals surface area contributed by atoms with Gasteiger partial charge in [0, 0.05) is 18.4 Å². The quantitative estimate of drug-likeness (QED) is 0.701. The van der Waals surface area contributed by atoms with Crippen molar-refractivity contribution in [2.24, 2.45) is 0 Å². The van der Waals surface area contributed by atoms with Crippen LogP contribution < -0.4 is 5.32 Å². The Balaban J connectivity index is 1.62. The number of nitrogens with one attached hydrogen (secondary N) is 2. The maximum absolute atomic E-state index is 9.37. The average molecular weight is 208 g/mol. The zero-order valence-electron chi connectivity index (χ0n) is 9.08. The monoisotopic (exact) mass is 208 g/mol. The fourth-order valence-corrected chi connectivity index (χ4v) is 2.21. The molecule has 0 aliphatic heterocycles. The Labute approximate surface area is 90.9 Å². The van der Waals surface area contributed by atoms with Gasteiger partial charge in [0.25, 0.3) is 0 Å². The summed E-state index contributed by atoms with van der Waals surface area (Å²) in [6.45, 7) is 1.04. The first-order chi connectivity index (χ1) is 7.34. The molecular formula is C12H20N2O.